The van der Waals surface area contributed by atoms with Crippen LogP contribution in [0.1, 0.15) is 25.3 Å². The summed E-state index contributed by atoms with van der Waals surface area (Å²) in [5.41, 5.74) is 1.02. The normalized spacial score (nSPS) is 9.36. The molecule has 11 heavy (non-hydrogen) atoms. The van der Waals surface area contributed by atoms with E-state index in [2.05, 4.69) is 13.8 Å². The maximum atomic E-state index is 9.28. The molecule has 0 bridgehead atoms. The Morgan fingerprint density at radius 1 is 1.18 bits per heavy atom. The minimum atomic E-state index is 0. The van der Waals surface area contributed by atoms with Crippen LogP contribution in [0.25, 0.3) is 0 Å². The first kappa shape index (κ1) is 11.0. The van der Waals surface area contributed by atoms with Crippen molar-refractivity contribution in [1.82, 2.24) is 0 Å². The van der Waals surface area contributed by atoms with Crippen molar-refractivity contribution >= 4 is 29.6 Å². The first-order chi connectivity index (χ1) is 4.72. The molecular formula is C9H12NaO. The van der Waals surface area contributed by atoms with Crippen LogP contribution in [0.4, 0.5) is 0 Å². The molecule has 0 aliphatic carbocycles. The van der Waals surface area contributed by atoms with Crippen molar-refractivity contribution in [3.8, 4) is 5.75 Å². The summed E-state index contributed by atoms with van der Waals surface area (Å²) in [6, 6.07) is 7.44. The Morgan fingerprint density at radius 2 is 1.73 bits per heavy atom. The van der Waals surface area contributed by atoms with Crippen molar-refractivity contribution in [2.45, 2.75) is 19.8 Å². The number of hydrogen-bond acceptors (Lipinski definition) is 1. The number of hydrogen-bond donors (Lipinski definition) is 1. The summed E-state index contributed by atoms with van der Waals surface area (Å²) in [4.78, 5) is 0. The first-order valence-corrected chi connectivity index (χ1v) is 3.49. The molecule has 2 heteroatoms. The number of rotatable bonds is 1. The van der Waals surface area contributed by atoms with Gasteiger partial charge in [-0.1, -0.05) is 32.0 Å². The molecule has 1 aromatic rings. The monoisotopic (exact) mass is 159 g/mol. The maximum Gasteiger partial charge on any atom is 0.119 e. The fourth-order valence-electron chi connectivity index (χ4n) is 0.976. The third-order valence-electron chi connectivity index (χ3n) is 1.56. The molecule has 0 fully saturated rings. The Hall–Kier alpha value is 0.0200. The topological polar surface area (TPSA) is 20.2 Å². The van der Waals surface area contributed by atoms with E-state index in [-0.39, 0.29) is 29.6 Å². The van der Waals surface area contributed by atoms with Crippen LogP contribution < -0.4 is 0 Å². The van der Waals surface area contributed by atoms with Gasteiger partial charge in [-0.05, 0) is 17.5 Å². The van der Waals surface area contributed by atoms with E-state index in [1.807, 2.05) is 18.2 Å². The molecule has 1 N–H and O–H groups in total. The van der Waals surface area contributed by atoms with Gasteiger partial charge in [0.25, 0.3) is 0 Å². The molecule has 1 aromatic carbocycles. The van der Waals surface area contributed by atoms with E-state index in [1.54, 1.807) is 6.07 Å². The second kappa shape index (κ2) is 4.81. The number of phenols is 1. The summed E-state index contributed by atoms with van der Waals surface area (Å²) < 4.78 is 0. The molecule has 1 rings (SSSR count). The largest absolute Gasteiger partial charge is 0.508 e. The van der Waals surface area contributed by atoms with Crippen molar-refractivity contribution in [2.24, 2.45) is 0 Å². The zero-order chi connectivity index (χ0) is 7.56. The summed E-state index contributed by atoms with van der Waals surface area (Å²) >= 11 is 0. The fourth-order valence-corrected chi connectivity index (χ4v) is 0.976. The number of phenolic OH excluding ortho intramolecular Hbond substituents is 1. The van der Waals surface area contributed by atoms with Gasteiger partial charge in [-0.3, -0.25) is 0 Å². The standard InChI is InChI=1S/C9H12O.Na/c1-7(2)8-5-3-4-6-9(8)10;/h3-7,10H,1-2H3;. The maximum absolute atomic E-state index is 9.28. The van der Waals surface area contributed by atoms with Gasteiger partial charge in [0.2, 0.25) is 0 Å². The molecule has 0 saturated carbocycles. The zero-order valence-electron chi connectivity index (χ0n) is 7.33. The van der Waals surface area contributed by atoms with Gasteiger partial charge in [-0.15, -0.1) is 0 Å². The number of aromatic hydroxyl groups is 1. The summed E-state index contributed by atoms with van der Waals surface area (Å²) in [6.45, 7) is 4.13. The Bertz CT molecular complexity index is 221. The molecule has 0 spiro atoms. The van der Waals surface area contributed by atoms with Crippen LogP contribution in [0.5, 0.6) is 5.75 Å². The van der Waals surface area contributed by atoms with Gasteiger partial charge in [-0.25, -0.2) is 0 Å². The van der Waals surface area contributed by atoms with Gasteiger partial charge < -0.3 is 5.11 Å². The SMILES string of the molecule is CC(C)c1ccccc1O.[Na]. The van der Waals surface area contributed by atoms with E-state index >= 15 is 0 Å². The van der Waals surface area contributed by atoms with E-state index in [0.29, 0.717) is 11.7 Å². The quantitative estimate of drug-likeness (QED) is 0.622. The van der Waals surface area contributed by atoms with E-state index in [1.165, 1.54) is 0 Å². The summed E-state index contributed by atoms with van der Waals surface area (Å²) in [5.74, 6) is 0.804. The molecule has 1 radical (unpaired) electrons. The van der Waals surface area contributed by atoms with Crippen LogP contribution in [-0.4, -0.2) is 34.7 Å². The van der Waals surface area contributed by atoms with Gasteiger partial charge in [-0.2, -0.15) is 0 Å². The van der Waals surface area contributed by atoms with Gasteiger partial charge in [0.05, 0.1) is 0 Å². The molecule has 0 aliphatic heterocycles. The Morgan fingerprint density at radius 3 is 2.09 bits per heavy atom. The molecule has 0 saturated heterocycles. The van der Waals surface area contributed by atoms with Crippen molar-refractivity contribution in [2.75, 3.05) is 0 Å². The average Bonchev–Trinajstić information content (AvgIpc) is 1.88. The second-order valence-electron chi connectivity index (χ2n) is 2.71. The summed E-state index contributed by atoms with van der Waals surface area (Å²) in [6.07, 6.45) is 0. The summed E-state index contributed by atoms with van der Waals surface area (Å²) in [7, 11) is 0. The molecule has 0 aliphatic rings. The number of para-hydroxylation sites is 1. The Balaban J connectivity index is 0.000001000. The molecule has 0 amide bonds. The molecule has 0 atom stereocenters. The van der Waals surface area contributed by atoms with Crippen LogP contribution in [0.3, 0.4) is 0 Å². The van der Waals surface area contributed by atoms with Crippen LogP contribution >= 0.6 is 0 Å². The molecule has 1 nitrogen and oxygen atoms in total. The van der Waals surface area contributed by atoms with Crippen molar-refractivity contribution in [1.29, 1.82) is 0 Å². The van der Waals surface area contributed by atoms with E-state index in [0.717, 1.165) is 5.56 Å². The van der Waals surface area contributed by atoms with Crippen LogP contribution in [0.15, 0.2) is 24.3 Å². The average molecular weight is 159 g/mol. The van der Waals surface area contributed by atoms with E-state index < -0.39 is 0 Å². The van der Waals surface area contributed by atoms with Gasteiger partial charge in [0.15, 0.2) is 0 Å². The predicted octanol–water partition coefficient (Wildman–Crippen LogP) is 2.13. The zero-order valence-corrected chi connectivity index (χ0v) is 9.33. The smallest absolute Gasteiger partial charge is 0.119 e. The van der Waals surface area contributed by atoms with Crippen molar-refractivity contribution < 1.29 is 5.11 Å². The number of benzene rings is 1. The second-order valence-corrected chi connectivity index (χ2v) is 2.71. The molecule has 0 heterocycles. The third kappa shape index (κ3) is 2.86. The Labute approximate surface area is 89.7 Å². The van der Waals surface area contributed by atoms with Crippen LogP contribution in [0.2, 0.25) is 0 Å². The Kier molecular flexibility index (Phi) is 4.82. The van der Waals surface area contributed by atoms with E-state index in [9.17, 15) is 5.11 Å². The fraction of sp³-hybridized carbons (Fsp3) is 0.333. The minimum absolute atomic E-state index is 0. The third-order valence-corrected chi connectivity index (χ3v) is 1.56. The van der Waals surface area contributed by atoms with E-state index in [4.69, 9.17) is 0 Å². The molecule has 55 valence electrons. The first-order valence-electron chi connectivity index (χ1n) is 3.49. The van der Waals surface area contributed by atoms with Crippen molar-refractivity contribution in [3.63, 3.8) is 0 Å². The van der Waals surface area contributed by atoms with Crippen LogP contribution in [0, 0.1) is 0 Å². The van der Waals surface area contributed by atoms with Gasteiger partial charge in [0, 0.05) is 29.6 Å². The molecular weight excluding hydrogens is 147 g/mol. The molecule has 0 unspecified atom stereocenters. The molecule has 0 aromatic heterocycles. The minimum Gasteiger partial charge on any atom is -0.508 e. The predicted molar refractivity (Wildman–Crippen MR) is 47.9 cm³/mol. The van der Waals surface area contributed by atoms with Crippen LogP contribution in [-0.2, 0) is 0 Å². The van der Waals surface area contributed by atoms with Crippen molar-refractivity contribution in [3.05, 3.63) is 29.8 Å². The van der Waals surface area contributed by atoms with Gasteiger partial charge in [0.1, 0.15) is 5.75 Å². The summed E-state index contributed by atoms with van der Waals surface area (Å²) in [5, 5.41) is 9.28. The van der Waals surface area contributed by atoms with Gasteiger partial charge >= 0.3 is 0 Å².